The van der Waals surface area contributed by atoms with Gasteiger partial charge < -0.3 is 9.84 Å². The van der Waals surface area contributed by atoms with Crippen LogP contribution in [0.3, 0.4) is 0 Å². The Morgan fingerprint density at radius 1 is 1.33 bits per heavy atom. The average Bonchev–Trinajstić information content (AvgIpc) is 2.53. The number of allylic oxidation sites excluding steroid dienone is 7. The summed E-state index contributed by atoms with van der Waals surface area (Å²) in [5, 5.41) is 8.81. The number of carboxylic acid groups (broad SMARTS) is 1. The average molecular weight is 281 g/mol. The van der Waals surface area contributed by atoms with Gasteiger partial charge in [-0.15, -0.1) is 0 Å². The molecular weight excluding hydrogens is 266 g/mol. The third kappa shape index (κ3) is 2.94. The van der Waals surface area contributed by atoms with E-state index in [4.69, 9.17) is 9.84 Å². The molecule has 1 aromatic rings. The fraction of sp³-hybridized carbons (Fsp3) is 0.176. The van der Waals surface area contributed by atoms with E-state index in [1.807, 2.05) is 12.2 Å². The quantitative estimate of drug-likeness (QED) is 0.920. The first-order chi connectivity index (χ1) is 10.2. The molecule has 0 radical (unpaired) electrons. The lowest BCUT2D eigenvalue weighted by atomic mass is 9.87. The van der Waals surface area contributed by atoms with Crippen LogP contribution in [0.15, 0.2) is 66.1 Å². The van der Waals surface area contributed by atoms with Gasteiger partial charge in [0.2, 0.25) is 0 Å². The summed E-state index contributed by atoms with van der Waals surface area (Å²) in [5.41, 5.74) is 2.08. The van der Waals surface area contributed by atoms with Crippen LogP contribution in [0.25, 0.3) is 0 Å². The topological polar surface area (TPSA) is 59.4 Å². The summed E-state index contributed by atoms with van der Waals surface area (Å²) >= 11 is 0. The standard InChI is InChI=1S/C17H15NO3/c19-17(20)15-9-8-12(10-18-15)11-21-16-7-3-5-13-4-1-2-6-14(13)16/h1-4,6-10,13H,5,11H2,(H,19,20). The van der Waals surface area contributed by atoms with E-state index < -0.39 is 5.97 Å². The van der Waals surface area contributed by atoms with E-state index in [0.29, 0.717) is 12.5 Å². The Labute approximate surface area is 122 Å². The van der Waals surface area contributed by atoms with Gasteiger partial charge in [-0.1, -0.05) is 36.4 Å². The van der Waals surface area contributed by atoms with Crippen LogP contribution in [-0.2, 0) is 11.3 Å². The lowest BCUT2D eigenvalue weighted by molar-refractivity contribution is 0.0690. The van der Waals surface area contributed by atoms with Gasteiger partial charge in [-0.05, 0) is 18.6 Å². The number of carbonyl (C=O) groups is 1. The number of nitrogens with zero attached hydrogens (tertiary/aromatic N) is 1. The molecule has 0 aromatic carbocycles. The Hall–Kier alpha value is -2.62. The second-order valence-corrected chi connectivity index (χ2v) is 4.95. The predicted octanol–water partition coefficient (Wildman–Crippen LogP) is 3.25. The number of aromatic nitrogens is 1. The highest BCUT2D eigenvalue weighted by molar-refractivity contribution is 5.85. The van der Waals surface area contributed by atoms with Crippen LogP contribution in [0.5, 0.6) is 0 Å². The predicted molar refractivity (Wildman–Crippen MR) is 78.5 cm³/mol. The minimum Gasteiger partial charge on any atom is -0.489 e. The second kappa shape index (κ2) is 5.79. The number of hydrogen-bond donors (Lipinski definition) is 1. The molecule has 2 aliphatic carbocycles. The Kier molecular flexibility index (Phi) is 3.69. The van der Waals surface area contributed by atoms with Crippen LogP contribution < -0.4 is 0 Å². The molecule has 0 amide bonds. The lowest BCUT2D eigenvalue weighted by Gasteiger charge is -2.22. The molecule has 1 aromatic heterocycles. The molecule has 2 aliphatic rings. The lowest BCUT2D eigenvalue weighted by Crippen LogP contribution is -2.09. The van der Waals surface area contributed by atoms with Crippen LogP contribution in [0, 0.1) is 5.92 Å². The first-order valence-corrected chi connectivity index (χ1v) is 6.80. The van der Waals surface area contributed by atoms with Crippen molar-refractivity contribution in [1.29, 1.82) is 0 Å². The molecule has 3 rings (SSSR count). The third-order valence-corrected chi connectivity index (χ3v) is 3.51. The van der Waals surface area contributed by atoms with Crippen molar-refractivity contribution in [3.8, 4) is 0 Å². The summed E-state index contributed by atoms with van der Waals surface area (Å²) < 4.78 is 5.86. The molecule has 0 spiro atoms. The number of aromatic carboxylic acids is 1. The third-order valence-electron chi connectivity index (χ3n) is 3.51. The zero-order chi connectivity index (χ0) is 14.7. The zero-order valence-corrected chi connectivity index (χ0v) is 11.4. The number of pyridine rings is 1. The van der Waals surface area contributed by atoms with E-state index in [-0.39, 0.29) is 5.69 Å². The molecule has 0 saturated carbocycles. The first-order valence-electron chi connectivity index (χ1n) is 6.80. The molecule has 0 bridgehead atoms. The molecule has 1 unspecified atom stereocenters. The minimum absolute atomic E-state index is 0.0405. The van der Waals surface area contributed by atoms with Gasteiger partial charge in [0, 0.05) is 23.3 Å². The maximum atomic E-state index is 10.8. The van der Waals surface area contributed by atoms with Gasteiger partial charge in [0.15, 0.2) is 0 Å². The highest BCUT2D eigenvalue weighted by Gasteiger charge is 2.18. The molecule has 0 saturated heterocycles. The van der Waals surface area contributed by atoms with Crippen LogP contribution in [0.1, 0.15) is 22.5 Å². The zero-order valence-electron chi connectivity index (χ0n) is 11.4. The van der Waals surface area contributed by atoms with Crippen molar-refractivity contribution in [2.45, 2.75) is 13.0 Å². The van der Waals surface area contributed by atoms with Gasteiger partial charge in [-0.3, -0.25) is 0 Å². The molecular formula is C17H15NO3. The molecule has 21 heavy (non-hydrogen) atoms. The van der Waals surface area contributed by atoms with Crippen molar-refractivity contribution >= 4 is 5.97 Å². The highest BCUT2D eigenvalue weighted by Crippen LogP contribution is 2.30. The Balaban J connectivity index is 1.71. The molecule has 106 valence electrons. The monoisotopic (exact) mass is 281 g/mol. The van der Waals surface area contributed by atoms with Crippen molar-refractivity contribution in [1.82, 2.24) is 4.98 Å². The van der Waals surface area contributed by atoms with Crippen LogP contribution in [0.4, 0.5) is 0 Å². The molecule has 0 aliphatic heterocycles. The van der Waals surface area contributed by atoms with E-state index >= 15 is 0 Å². The van der Waals surface area contributed by atoms with E-state index in [1.54, 1.807) is 6.07 Å². The van der Waals surface area contributed by atoms with Gasteiger partial charge >= 0.3 is 5.97 Å². The maximum absolute atomic E-state index is 10.8. The van der Waals surface area contributed by atoms with Crippen LogP contribution in [0.2, 0.25) is 0 Å². The first kappa shape index (κ1) is 13.4. The van der Waals surface area contributed by atoms with Crippen molar-refractivity contribution in [3.63, 3.8) is 0 Å². The van der Waals surface area contributed by atoms with E-state index in [9.17, 15) is 4.79 Å². The highest BCUT2D eigenvalue weighted by atomic mass is 16.5. The summed E-state index contributed by atoms with van der Waals surface area (Å²) in [6.45, 7) is 0.375. The van der Waals surface area contributed by atoms with Crippen LogP contribution >= 0.6 is 0 Å². The second-order valence-electron chi connectivity index (χ2n) is 4.95. The summed E-state index contributed by atoms with van der Waals surface area (Å²) in [4.78, 5) is 14.6. The van der Waals surface area contributed by atoms with Crippen molar-refractivity contribution in [3.05, 3.63) is 77.4 Å². The number of carboxylic acids is 1. The van der Waals surface area contributed by atoms with Crippen molar-refractivity contribution in [2.24, 2.45) is 5.92 Å². The number of rotatable bonds is 4. The van der Waals surface area contributed by atoms with Gasteiger partial charge in [0.25, 0.3) is 0 Å². The summed E-state index contributed by atoms with van der Waals surface area (Å²) in [7, 11) is 0. The normalized spacial score (nSPS) is 19.5. The SMILES string of the molecule is O=C(O)c1ccc(COC2=C3C=CC=CC3CC=C2)cn1. The van der Waals surface area contributed by atoms with Gasteiger partial charge in [-0.25, -0.2) is 9.78 Å². The van der Waals surface area contributed by atoms with E-state index in [2.05, 4.69) is 29.3 Å². The molecule has 4 heteroatoms. The van der Waals surface area contributed by atoms with E-state index in [1.165, 1.54) is 17.8 Å². The van der Waals surface area contributed by atoms with E-state index in [0.717, 1.165) is 17.7 Å². The van der Waals surface area contributed by atoms with Crippen molar-refractivity contribution < 1.29 is 14.6 Å². The van der Waals surface area contributed by atoms with Crippen LogP contribution in [-0.4, -0.2) is 16.1 Å². The molecule has 1 heterocycles. The largest absolute Gasteiger partial charge is 0.489 e. The number of ether oxygens (including phenoxy) is 1. The molecule has 0 fully saturated rings. The number of hydrogen-bond acceptors (Lipinski definition) is 3. The Bertz CT molecular complexity index is 666. The van der Waals surface area contributed by atoms with Gasteiger partial charge in [0.1, 0.15) is 18.1 Å². The summed E-state index contributed by atoms with van der Waals surface area (Å²) in [5.74, 6) is 0.237. The molecule has 1 N–H and O–H groups in total. The van der Waals surface area contributed by atoms with Gasteiger partial charge in [0.05, 0.1) is 0 Å². The van der Waals surface area contributed by atoms with Crippen molar-refractivity contribution in [2.75, 3.05) is 0 Å². The molecule has 4 nitrogen and oxygen atoms in total. The fourth-order valence-corrected chi connectivity index (χ4v) is 2.40. The minimum atomic E-state index is -1.02. The molecule has 1 atom stereocenters. The number of fused-ring (bicyclic) bond motifs is 1. The summed E-state index contributed by atoms with van der Waals surface area (Å²) in [6, 6.07) is 3.21. The Morgan fingerprint density at radius 2 is 2.24 bits per heavy atom. The fourth-order valence-electron chi connectivity index (χ4n) is 2.40. The smallest absolute Gasteiger partial charge is 0.354 e. The van der Waals surface area contributed by atoms with Gasteiger partial charge in [-0.2, -0.15) is 0 Å². The Morgan fingerprint density at radius 3 is 3.00 bits per heavy atom. The maximum Gasteiger partial charge on any atom is 0.354 e. The summed E-state index contributed by atoms with van der Waals surface area (Å²) in [6.07, 6.45) is 15.0.